The van der Waals surface area contributed by atoms with Gasteiger partial charge in [0.15, 0.2) is 17.3 Å². The Bertz CT molecular complexity index is 808. The maximum Gasteiger partial charge on any atom is 0.387 e. The molecular formula is C19H23F2N3O4. The summed E-state index contributed by atoms with van der Waals surface area (Å²) in [4.78, 5) is 14.4. The number of anilines is 1. The topological polar surface area (TPSA) is 76.8 Å². The van der Waals surface area contributed by atoms with Gasteiger partial charge in [0.25, 0.3) is 0 Å². The lowest BCUT2D eigenvalue weighted by Gasteiger charge is -2.22. The molecule has 0 spiro atoms. The number of aromatic nitrogens is 1. The summed E-state index contributed by atoms with van der Waals surface area (Å²) in [6.45, 7) is 1.61. The van der Waals surface area contributed by atoms with Crippen LogP contribution in [0.15, 0.2) is 28.8 Å². The number of hydrogen-bond donors (Lipinski definition) is 1. The first-order chi connectivity index (χ1) is 13.4. The summed E-state index contributed by atoms with van der Waals surface area (Å²) in [6, 6.07) is 6.81. The monoisotopic (exact) mass is 395 g/mol. The first-order valence-electron chi connectivity index (χ1n) is 9.12. The van der Waals surface area contributed by atoms with Gasteiger partial charge < -0.3 is 19.3 Å². The number of nitrogens with zero attached hydrogens (tertiary/aromatic N) is 2. The Balaban J connectivity index is 1.66. The van der Waals surface area contributed by atoms with E-state index in [1.54, 1.807) is 32.0 Å². The summed E-state index contributed by atoms with van der Waals surface area (Å²) in [7, 11) is 0. The number of nitrogens with one attached hydrogen (secondary N) is 1. The van der Waals surface area contributed by atoms with Crippen molar-refractivity contribution in [3.63, 3.8) is 0 Å². The van der Waals surface area contributed by atoms with Crippen LogP contribution in [0.1, 0.15) is 31.1 Å². The molecular weight excluding hydrogens is 372 g/mol. The molecule has 0 bridgehead atoms. The van der Waals surface area contributed by atoms with E-state index in [2.05, 4.69) is 15.2 Å². The van der Waals surface area contributed by atoms with E-state index in [1.807, 2.05) is 4.90 Å². The molecule has 1 aromatic heterocycles. The molecule has 0 saturated heterocycles. The minimum atomic E-state index is -2.92. The van der Waals surface area contributed by atoms with Crippen LogP contribution in [0.4, 0.5) is 14.6 Å². The lowest BCUT2D eigenvalue weighted by atomic mass is 10.2. The highest BCUT2D eigenvalue weighted by atomic mass is 19.3. The quantitative estimate of drug-likeness (QED) is 0.663. The molecule has 7 nitrogen and oxygen atoms in total. The average molecular weight is 395 g/mol. The van der Waals surface area contributed by atoms with Crippen molar-refractivity contribution in [3.8, 4) is 11.5 Å². The van der Waals surface area contributed by atoms with Crippen LogP contribution in [0.3, 0.4) is 0 Å². The number of benzene rings is 1. The Morgan fingerprint density at radius 1 is 1.36 bits per heavy atom. The number of alkyl halides is 2. The van der Waals surface area contributed by atoms with E-state index in [4.69, 9.17) is 9.26 Å². The molecule has 0 unspecified atom stereocenters. The van der Waals surface area contributed by atoms with Crippen molar-refractivity contribution < 1.29 is 27.6 Å². The Morgan fingerprint density at radius 3 is 2.75 bits per heavy atom. The zero-order chi connectivity index (χ0) is 20.1. The highest BCUT2D eigenvalue weighted by Gasteiger charge is 2.30. The molecule has 1 aliphatic rings. The lowest BCUT2D eigenvalue weighted by Crippen LogP contribution is -2.34. The number of ether oxygens (including phenoxy) is 2. The molecule has 1 aromatic carbocycles. The third-order valence-electron chi connectivity index (χ3n) is 4.22. The first kappa shape index (κ1) is 20.1. The lowest BCUT2D eigenvalue weighted by molar-refractivity contribution is -0.117. The molecule has 0 radical (unpaired) electrons. The molecule has 9 heteroatoms. The van der Waals surface area contributed by atoms with Gasteiger partial charge in [0.1, 0.15) is 5.76 Å². The van der Waals surface area contributed by atoms with Gasteiger partial charge in [-0.25, -0.2) is 0 Å². The second-order valence-corrected chi connectivity index (χ2v) is 6.60. The van der Waals surface area contributed by atoms with Crippen LogP contribution >= 0.6 is 0 Å². The van der Waals surface area contributed by atoms with Gasteiger partial charge in [-0.1, -0.05) is 11.2 Å². The Morgan fingerprint density at radius 2 is 2.14 bits per heavy atom. The predicted octanol–water partition coefficient (Wildman–Crippen LogP) is 3.59. The Kier molecular flexibility index (Phi) is 6.45. The predicted molar refractivity (Wildman–Crippen MR) is 97.5 cm³/mol. The molecule has 1 saturated carbocycles. The standard InChI is InChI=1S/C19H23F2N3O4/c1-3-26-16-9-13(4-7-15(16)27-19(20)21)10-24(14-5-6-14)11-18(25)22-17-8-12(2)28-23-17/h4,7-9,14,19H,3,5-6,10-11H2,1-2H3,(H,22,23,25). The highest BCUT2D eigenvalue weighted by molar-refractivity contribution is 5.91. The maximum absolute atomic E-state index is 12.5. The molecule has 1 N–H and O–H groups in total. The summed E-state index contributed by atoms with van der Waals surface area (Å²) >= 11 is 0. The van der Waals surface area contributed by atoms with Gasteiger partial charge in [-0.05, 0) is 44.4 Å². The number of halogens is 2. The molecule has 0 atom stereocenters. The zero-order valence-corrected chi connectivity index (χ0v) is 15.8. The summed E-state index contributed by atoms with van der Waals surface area (Å²) < 4.78 is 40.0. The van der Waals surface area contributed by atoms with Crippen LogP contribution in [0.5, 0.6) is 11.5 Å². The van der Waals surface area contributed by atoms with E-state index < -0.39 is 6.61 Å². The SMILES string of the molecule is CCOc1cc(CN(CC(=O)Nc2cc(C)on2)C2CC2)ccc1OC(F)F. The summed E-state index contributed by atoms with van der Waals surface area (Å²) in [5, 5.41) is 6.47. The van der Waals surface area contributed by atoms with Gasteiger partial charge in [-0.15, -0.1) is 0 Å². The fourth-order valence-corrected chi connectivity index (χ4v) is 2.89. The van der Waals surface area contributed by atoms with Crippen LogP contribution in [0, 0.1) is 6.92 Å². The molecule has 3 rings (SSSR count). The van der Waals surface area contributed by atoms with Crippen molar-refractivity contribution in [1.82, 2.24) is 10.1 Å². The van der Waals surface area contributed by atoms with Crippen LogP contribution < -0.4 is 14.8 Å². The molecule has 0 aliphatic heterocycles. The normalized spacial score (nSPS) is 13.8. The van der Waals surface area contributed by atoms with E-state index >= 15 is 0 Å². The third-order valence-corrected chi connectivity index (χ3v) is 4.22. The maximum atomic E-state index is 12.5. The molecule has 1 amide bonds. The van der Waals surface area contributed by atoms with Gasteiger partial charge in [-0.2, -0.15) is 8.78 Å². The highest BCUT2D eigenvalue weighted by Crippen LogP contribution is 2.32. The number of carbonyl (C=O) groups excluding carboxylic acids is 1. The molecule has 2 aromatic rings. The van der Waals surface area contributed by atoms with E-state index in [0.717, 1.165) is 18.4 Å². The number of amides is 1. The van der Waals surface area contributed by atoms with Gasteiger partial charge >= 0.3 is 6.61 Å². The third kappa shape index (κ3) is 5.66. The summed E-state index contributed by atoms with van der Waals surface area (Å²) in [5.41, 5.74) is 0.849. The smallest absolute Gasteiger partial charge is 0.387 e. The van der Waals surface area contributed by atoms with E-state index in [0.29, 0.717) is 30.8 Å². The van der Waals surface area contributed by atoms with Gasteiger partial charge in [0.2, 0.25) is 5.91 Å². The summed E-state index contributed by atoms with van der Waals surface area (Å²) in [5.74, 6) is 1.06. The number of hydrogen-bond acceptors (Lipinski definition) is 6. The molecule has 1 fully saturated rings. The largest absolute Gasteiger partial charge is 0.490 e. The van der Waals surface area contributed by atoms with E-state index in [-0.39, 0.29) is 24.0 Å². The van der Waals surface area contributed by atoms with Crippen LogP contribution in [0.25, 0.3) is 0 Å². The minimum Gasteiger partial charge on any atom is -0.490 e. The number of carbonyl (C=O) groups is 1. The minimum absolute atomic E-state index is 0.00211. The summed E-state index contributed by atoms with van der Waals surface area (Å²) in [6.07, 6.45) is 2.03. The molecule has 1 heterocycles. The van der Waals surface area contributed by atoms with Crippen molar-refractivity contribution in [3.05, 3.63) is 35.6 Å². The first-order valence-corrected chi connectivity index (χ1v) is 9.12. The van der Waals surface area contributed by atoms with Crippen molar-refractivity contribution in [1.29, 1.82) is 0 Å². The number of rotatable bonds is 10. The van der Waals surface area contributed by atoms with Crippen molar-refractivity contribution in [2.75, 3.05) is 18.5 Å². The van der Waals surface area contributed by atoms with Crippen LogP contribution in [0.2, 0.25) is 0 Å². The van der Waals surface area contributed by atoms with Crippen LogP contribution in [-0.4, -0.2) is 41.8 Å². The average Bonchev–Trinajstić information content (AvgIpc) is 3.39. The van der Waals surface area contributed by atoms with E-state index in [9.17, 15) is 13.6 Å². The van der Waals surface area contributed by atoms with Gasteiger partial charge in [0, 0.05) is 18.7 Å². The fraction of sp³-hybridized carbons (Fsp3) is 0.474. The second-order valence-electron chi connectivity index (χ2n) is 6.60. The van der Waals surface area contributed by atoms with Crippen LogP contribution in [-0.2, 0) is 11.3 Å². The molecule has 28 heavy (non-hydrogen) atoms. The zero-order valence-electron chi connectivity index (χ0n) is 15.8. The fourth-order valence-electron chi connectivity index (χ4n) is 2.89. The van der Waals surface area contributed by atoms with Crippen molar-refractivity contribution in [2.45, 2.75) is 45.9 Å². The van der Waals surface area contributed by atoms with E-state index in [1.165, 1.54) is 6.07 Å². The van der Waals surface area contributed by atoms with Crippen molar-refractivity contribution in [2.24, 2.45) is 0 Å². The number of aryl methyl sites for hydroxylation is 1. The Hall–Kier alpha value is -2.68. The molecule has 152 valence electrons. The second kappa shape index (κ2) is 9.01. The van der Waals surface area contributed by atoms with Crippen molar-refractivity contribution >= 4 is 11.7 Å². The Labute approximate surface area is 161 Å². The van der Waals surface area contributed by atoms with Gasteiger partial charge in [0.05, 0.1) is 13.2 Å². The molecule has 1 aliphatic carbocycles. The van der Waals surface area contributed by atoms with Gasteiger partial charge in [-0.3, -0.25) is 9.69 Å².